The van der Waals surface area contributed by atoms with E-state index in [1.54, 1.807) is 6.92 Å². The molecule has 0 spiro atoms. The number of carbonyl (C=O) groups excluding carboxylic acids is 2. The lowest BCUT2D eigenvalue weighted by Gasteiger charge is -2.07. The number of thiophene rings is 1. The number of carbonyl (C=O) groups is 2. The SMILES string of the molecule is CCOC(=O)CNC(=O)c1nc(Cl)c2c(sc3ccccc32)c1O. The Morgan fingerprint density at radius 3 is 2.88 bits per heavy atom. The monoisotopic (exact) mass is 364 g/mol. The smallest absolute Gasteiger partial charge is 0.325 e. The molecule has 0 radical (unpaired) electrons. The molecule has 1 amide bonds. The number of ether oxygens (including phenoxy) is 1. The molecule has 1 aromatic carbocycles. The fraction of sp³-hybridized carbons (Fsp3) is 0.188. The number of halogens is 1. The van der Waals surface area contributed by atoms with Crippen molar-refractivity contribution in [1.29, 1.82) is 0 Å². The molecule has 0 aliphatic carbocycles. The molecule has 0 unspecified atom stereocenters. The summed E-state index contributed by atoms with van der Waals surface area (Å²) in [6.45, 7) is 1.58. The maximum Gasteiger partial charge on any atom is 0.325 e. The fourth-order valence-corrected chi connectivity index (χ4v) is 3.82. The van der Waals surface area contributed by atoms with Gasteiger partial charge in [0.25, 0.3) is 5.91 Å². The van der Waals surface area contributed by atoms with Gasteiger partial charge in [0.1, 0.15) is 11.7 Å². The van der Waals surface area contributed by atoms with Crippen molar-refractivity contribution in [2.75, 3.05) is 13.2 Å². The molecule has 2 aromatic heterocycles. The van der Waals surface area contributed by atoms with E-state index in [0.29, 0.717) is 10.1 Å². The third-order valence-electron chi connectivity index (χ3n) is 3.36. The van der Waals surface area contributed by atoms with Gasteiger partial charge in [0.15, 0.2) is 11.4 Å². The van der Waals surface area contributed by atoms with Gasteiger partial charge in [-0.05, 0) is 13.0 Å². The van der Waals surface area contributed by atoms with E-state index in [1.165, 1.54) is 11.3 Å². The van der Waals surface area contributed by atoms with E-state index >= 15 is 0 Å². The summed E-state index contributed by atoms with van der Waals surface area (Å²) in [6.07, 6.45) is 0. The van der Waals surface area contributed by atoms with Crippen LogP contribution in [-0.2, 0) is 9.53 Å². The zero-order valence-corrected chi connectivity index (χ0v) is 14.2. The number of esters is 1. The molecule has 6 nitrogen and oxygen atoms in total. The lowest BCUT2D eigenvalue weighted by molar-refractivity contribution is -0.141. The number of nitrogens with zero attached hydrogens (tertiary/aromatic N) is 1. The number of nitrogens with one attached hydrogen (secondary N) is 1. The number of hydrogen-bond acceptors (Lipinski definition) is 6. The normalized spacial score (nSPS) is 10.9. The number of aromatic nitrogens is 1. The van der Waals surface area contributed by atoms with Crippen LogP contribution in [0.15, 0.2) is 24.3 Å². The minimum atomic E-state index is -0.693. The quantitative estimate of drug-likeness (QED) is 0.548. The molecule has 0 bridgehead atoms. The van der Waals surface area contributed by atoms with Crippen LogP contribution in [0.1, 0.15) is 17.4 Å². The third-order valence-corrected chi connectivity index (χ3v) is 4.82. The van der Waals surface area contributed by atoms with Crippen LogP contribution in [0.25, 0.3) is 20.2 Å². The first kappa shape index (κ1) is 16.5. The molecule has 8 heteroatoms. The Labute approximate surface area is 146 Å². The molecule has 0 fully saturated rings. The van der Waals surface area contributed by atoms with E-state index in [1.807, 2.05) is 24.3 Å². The largest absolute Gasteiger partial charge is 0.504 e. The number of hydrogen-bond donors (Lipinski definition) is 2. The maximum absolute atomic E-state index is 12.2. The molecule has 2 heterocycles. The summed E-state index contributed by atoms with van der Waals surface area (Å²) in [5.41, 5.74) is -0.219. The molecule has 0 atom stereocenters. The lowest BCUT2D eigenvalue weighted by Crippen LogP contribution is -2.31. The van der Waals surface area contributed by atoms with Gasteiger partial charge in [0.05, 0.1) is 11.3 Å². The Kier molecular flexibility index (Phi) is 4.55. The van der Waals surface area contributed by atoms with Crippen LogP contribution in [0.2, 0.25) is 5.15 Å². The summed E-state index contributed by atoms with van der Waals surface area (Å²) in [7, 11) is 0. The van der Waals surface area contributed by atoms with Crippen LogP contribution < -0.4 is 5.32 Å². The summed E-state index contributed by atoms with van der Waals surface area (Å²) in [5.74, 6) is -1.52. The predicted molar refractivity (Wildman–Crippen MR) is 92.8 cm³/mol. The van der Waals surface area contributed by atoms with E-state index in [0.717, 1.165) is 10.1 Å². The van der Waals surface area contributed by atoms with Crippen LogP contribution in [0.4, 0.5) is 0 Å². The van der Waals surface area contributed by atoms with Crippen LogP contribution in [-0.4, -0.2) is 35.1 Å². The molecule has 124 valence electrons. The van der Waals surface area contributed by atoms with Gasteiger partial charge in [-0.25, -0.2) is 4.98 Å². The lowest BCUT2D eigenvalue weighted by atomic mass is 10.1. The van der Waals surface area contributed by atoms with Gasteiger partial charge in [-0.1, -0.05) is 29.8 Å². The molecule has 3 rings (SSSR count). The van der Waals surface area contributed by atoms with Crippen molar-refractivity contribution in [3.05, 3.63) is 35.1 Å². The number of aromatic hydroxyl groups is 1. The van der Waals surface area contributed by atoms with Crippen molar-refractivity contribution in [1.82, 2.24) is 10.3 Å². The molecule has 0 saturated carbocycles. The standard InChI is InChI=1S/C16H13ClN2O4S/c1-2-23-10(20)7-18-16(22)12-13(21)14-11(15(17)19-12)8-5-3-4-6-9(8)24-14/h3-6,21H,2,7H2,1H3,(H,18,22). The van der Waals surface area contributed by atoms with Gasteiger partial charge in [0, 0.05) is 15.5 Å². The molecule has 2 N–H and O–H groups in total. The Morgan fingerprint density at radius 1 is 1.38 bits per heavy atom. The fourth-order valence-electron chi connectivity index (χ4n) is 2.34. The predicted octanol–water partition coefficient (Wildman–Crippen LogP) is 3.10. The minimum absolute atomic E-state index is 0.126. The van der Waals surface area contributed by atoms with Crippen molar-refractivity contribution in [2.45, 2.75) is 6.92 Å². The van der Waals surface area contributed by atoms with Crippen LogP contribution in [0.5, 0.6) is 5.75 Å². The van der Waals surface area contributed by atoms with Gasteiger partial charge in [0.2, 0.25) is 0 Å². The molecule has 0 aliphatic heterocycles. The Bertz CT molecular complexity index is 954. The first-order valence-electron chi connectivity index (χ1n) is 7.16. The number of amides is 1. The first-order valence-corrected chi connectivity index (χ1v) is 8.36. The average Bonchev–Trinajstić information content (AvgIpc) is 2.96. The average molecular weight is 365 g/mol. The van der Waals surface area contributed by atoms with Gasteiger partial charge in [-0.2, -0.15) is 0 Å². The second-order valence-electron chi connectivity index (χ2n) is 4.89. The molecule has 0 aliphatic rings. The zero-order chi connectivity index (χ0) is 17.3. The Hall–Kier alpha value is -2.38. The van der Waals surface area contributed by atoms with Crippen molar-refractivity contribution in [3.63, 3.8) is 0 Å². The van der Waals surface area contributed by atoms with E-state index in [-0.39, 0.29) is 29.7 Å². The van der Waals surface area contributed by atoms with Gasteiger partial charge in [-0.3, -0.25) is 9.59 Å². The summed E-state index contributed by atoms with van der Waals surface area (Å²) in [6, 6.07) is 7.52. The maximum atomic E-state index is 12.2. The number of fused-ring (bicyclic) bond motifs is 3. The Balaban J connectivity index is 2.00. The second-order valence-corrected chi connectivity index (χ2v) is 6.30. The van der Waals surface area contributed by atoms with Crippen molar-refractivity contribution in [2.24, 2.45) is 0 Å². The van der Waals surface area contributed by atoms with E-state index < -0.39 is 11.9 Å². The van der Waals surface area contributed by atoms with Crippen molar-refractivity contribution in [3.8, 4) is 5.75 Å². The summed E-state index contributed by atoms with van der Waals surface area (Å²) >= 11 is 7.54. The minimum Gasteiger partial charge on any atom is -0.504 e. The van der Waals surface area contributed by atoms with E-state index in [2.05, 4.69) is 10.3 Å². The summed E-state index contributed by atoms with van der Waals surface area (Å²) in [5, 5.41) is 14.4. The first-order chi connectivity index (χ1) is 11.5. The van der Waals surface area contributed by atoms with Crippen molar-refractivity contribution >= 4 is 55.0 Å². The second kappa shape index (κ2) is 6.62. The van der Waals surface area contributed by atoms with Gasteiger partial charge < -0.3 is 15.2 Å². The van der Waals surface area contributed by atoms with Gasteiger partial charge >= 0.3 is 5.97 Å². The van der Waals surface area contributed by atoms with E-state index in [4.69, 9.17) is 16.3 Å². The van der Waals surface area contributed by atoms with Gasteiger partial charge in [-0.15, -0.1) is 11.3 Å². The zero-order valence-electron chi connectivity index (χ0n) is 12.6. The topological polar surface area (TPSA) is 88.5 Å². The molecular formula is C16H13ClN2O4S. The van der Waals surface area contributed by atoms with E-state index in [9.17, 15) is 14.7 Å². The third kappa shape index (κ3) is 2.88. The highest BCUT2D eigenvalue weighted by atomic mass is 35.5. The molecule has 3 aromatic rings. The number of pyridine rings is 1. The number of benzene rings is 1. The van der Waals surface area contributed by atoms with Crippen LogP contribution in [0, 0.1) is 0 Å². The van der Waals surface area contributed by atoms with Crippen molar-refractivity contribution < 1.29 is 19.4 Å². The molecule has 24 heavy (non-hydrogen) atoms. The summed E-state index contributed by atoms with van der Waals surface area (Å²) in [4.78, 5) is 27.5. The highest BCUT2D eigenvalue weighted by Crippen LogP contribution is 2.42. The highest BCUT2D eigenvalue weighted by Gasteiger charge is 2.22. The Morgan fingerprint density at radius 2 is 2.12 bits per heavy atom. The number of rotatable bonds is 4. The highest BCUT2D eigenvalue weighted by molar-refractivity contribution is 7.26. The summed E-state index contributed by atoms with van der Waals surface area (Å²) < 4.78 is 6.14. The molecular weight excluding hydrogens is 352 g/mol. The molecule has 0 saturated heterocycles. The van der Waals surface area contributed by atoms with Crippen LogP contribution in [0.3, 0.4) is 0 Å². The van der Waals surface area contributed by atoms with Crippen LogP contribution >= 0.6 is 22.9 Å².